The Morgan fingerprint density at radius 2 is 1.88 bits per heavy atom. The molecule has 0 N–H and O–H groups in total. The monoisotopic (exact) mass is 232 g/mol. The summed E-state index contributed by atoms with van der Waals surface area (Å²) in [6, 6.07) is 0. The molecule has 2 rings (SSSR count). The van der Waals surface area contributed by atoms with Gasteiger partial charge in [-0.3, -0.25) is 9.59 Å². The molecule has 0 aromatic carbocycles. The van der Waals surface area contributed by atoms with E-state index in [4.69, 9.17) is 0 Å². The van der Waals surface area contributed by atoms with E-state index < -0.39 is 0 Å². The fourth-order valence-corrected chi connectivity index (χ4v) is 3.03. The van der Waals surface area contributed by atoms with Crippen molar-refractivity contribution in [2.45, 2.75) is 47.0 Å². The Balaban J connectivity index is 2.54. The smallest absolute Gasteiger partial charge is 0.185 e. The van der Waals surface area contributed by atoms with E-state index in [2.05, 4.69) is 6.92 Å². The molecule has 0 bridgehead atoms. The predicted octanol–water partition coefficient (Wildman–Crippen LogP) is 3.23. The molecule has 0 heterocycles. The Bertz CT molecular complexity index is 448. The largest absolute Gasteiger partial charge is 0.295 e. The molecule has 0 radical (unpaired) electrons. The molecule has 2 heteroatoms. The van der Waals surface area contributed by atoms with Crippen molar-refractivity contribution < 1.29 is 9.59 Å². The lowest BCUT2D eigenvalue weighted by atomic mass is 9.86. The maximum Gasteiger partial charge on any atom is 0.185 e. The first kappa shape index (κ1) is 12.3. The van der Waals surface area contributed by atoms with Crippen LogP contribution in [0.2, 0.25) is 0 Å². The summed E-state index contributed by atoms with van der Waals surface area (Å²) in [4.78, 5) is 24.3. The van der Waals surface area contributed by atoms with E-state index in [1.807, 2.05) is 20.8 Å². The third-order valence-corrected chi connectivity index (χ3v) is 4.26. The van der Waals surface area contributed by atoms with Gasteiger partial charge in [0.05, 0.1) is 0 Å². The summed E-state index contributed by atoms with van der Waals surface area (Å²) < 4.78 is 0. The fourth-order valence-electron chi connectivity index (χ4n) is 3.03. The Labute approximate surface area is 103 Å². The molecule has 0 saturated heterocycles. The van der Waals surface area contributed by atoms with Gasteiger partial charge >= 0.3 is 0 Å². The molecule has 1 fully saturated rings. The van der Waals surface area contributed by atoms with Crippen molar-refractivity contribution >= 4 is 11.6 Å². The average Bonchev–Trinajstić information content (AvgIpc) is 2.48. The van der Waals surface area contributed by atoms with Gasteiger partial charge in [-0.15, -0.1) is 0 Å². The van der Waals surface area contributed by atoms with Crippen LogP contribution in [0.1, 0.15) is 47.0 Å². The van der Waals surface area contributed by atoms with E-state index in [1.165, 1.54) is 0 Å². The highest BCUT2D eigenvalue weighted by Gasteiger charge is 2.39. The minimum Gasteiger partial charge on any atom is -0.295 e. The highest BCUT2D eigenvalue weighted by atomic mass is 16.1. The van der Waals surface area contributed by atoms with Crippen LogP contribution in [0.25, 0.3) is 0 Å². The lowest BCUT2D eigenvalue weighted by Crippen LogP contribution is -2.14. The lowest BCUT2D eigenvalue weighted by Gasteiger charge is -2.16. The minimum absolute atomic E-state index is 0.141. The average molecular weight is 232 g/mol. The zero-order valence-corrected chi connectivity index (χ0v) is 11.1. The van der Waals surface area contributed by atoms with Crippen molar-refractivity contribution in [3.63, 3.8) is 0 Å². The highest BCUT2D eigenvalue weighted by Crippen LogP contribution is 2.42. The van der Waals surface area contributed by atoms with Gasteiger partial charge in [0.1, 0.15) is 0 Å². The number of carbonyl (C=O) groups is 2. The zero-order chi connectivity index (χ0) is 12.7. The minimum atomic E-state index is 0.141. The molecule has 2 unspecified atom stereocenters. The fraction of sp³-hybridized carbons (Fsp3) is 0.600. The normalized spacial score (nSPS) is 29.5. The number of hydrogen-bond acceptors (Lipinski definition) is 2. The Kier molecular flexibility index (Phi) is 3.07. The van der Waals surface area contributed by atoms with Crippen molar-refractivity contribution in [3.8, 4) is 0 Å². The highest BCUT2D eigenvalue weighted by molar-refractivity contribution is 6.16. The van der Waals surface area contributed by atoms with E-state index in [1.54, 1.807) is 0 Å². The first-order valence-electron chi connectivity index (χ1n) is 6.38. The molecule has 17 heavy (non-hydrogen) atoms. The third-order valence-electron chi connectivity index (χ3n) is 4.26. The number of ketones is 2. The van der Waals surface area contributed by atoms with Crippen molar-refractivity contribution in [2.24, 2.45) is 11.8 Å². The summed E-state index contributed by atoms with van der Waals surface area (Å²) in [6.45, 7) is 7.96. The van der Waals surface area contributed by atoms with E-state index in [-0.39, 0.29) is 17.5 Å². The van der Waals surface area contributed by atoms with Gasteiger partial charge in [-0.2, -0.15) is 0 Å². The van der Waals surface area contributed by atoms with Crippen LogP contribution in [-0.2, 0) is 9.59 Å². The second kappa shape index (κ2) is 4.25. The van der Waals surface area contributed by atoms with Crippen LogP contribution < -0.4 is 0 Å². The number of carbonyl (C=O) groups excluding carboxylic acids is 2. The van der Waals surface area contributed by atoms with Crippen molar-refractivity contribution in [2.75, 3.05) is 0 Å². The SMILES string of the molecule is CC(C)=C1CCC(C)C2CC(=O)C(C)=C2C1=O. The zero-order valence-electron chi connectivity index (χ0n) is 11.1. The van der Waals surface area contributed by atoms with Gasteiger partial charge in [0, 0.05) is 12.0 Å². The van der Waals surface area contributed by atoms with Gasteiger partial charge in [-0.1, -0.05) is 12.5 Å². The quantitative estimate of drug-likeness (QED) is 0.601. The molecule has 0 amide bonds. The molecule has 92 valence electrons. The van der Waals surface area contributed by atoms with Gasteiger partial charge in [-0.25, -0.2) is 0 Å². The van der Waals surface area contributed by atoms with Crippen LogP contribution in [-0.4, -0.2) is 11.6 Å². The molecule has 0 aliphatic heterocycles. The van der Waals surface area contributed by atoms with Crippen LogP contribution in [0, 0.1) is 11.8 Å². The first-order valence-corrected chi connectivity index (χ1v) is 6.38. The second-order valence-electron chi connectivity index (χ2n) is 5.60. The van der Waals surface area contributed by atoms with Crippen LogP contribution in [0.5, 0.6) is 0 Å². The Hall–Kier alpha value is -1.18. The maximum absolute atomic E-state index is 12.5. The van der Waals surface area contributed by atoms with E-state index in [9.17, 15) is 9.59 Å². The standard InChI is InChI=1S/C15H20O2/c1-8(2)11-6-5-9(3)12-7-13(16)10(4)14(12)15(11)17/h9,12H,5-7H2,1-4H3. The number of fused-ring (bicyclic) bond motifs is 1. The van der Waals surface area contributed by atoms with Gasteiger partial charge < -0.3 is 0 Å². The molecule has 0 aromatic heterocycles. The Morgan fingerprint density at radius 1 is 1.24 bits per heavy atom. The molecular weight excluding hydrogens is 212 g/mol. The predicted molar refractivity (Wildman–Crippen MR) is 67.6 cm³/mol. The van der Waals surface area contributed by atoms with Crippen LogP contribution >= 0.6 is 0 Å². The van der Waals surface area contributed by atoms with Crippen LogP contribution in [0.4, 0.5) is 0 Å². The summed E-state index contributed by atoms with van der Waals surface area (Å²) in [5, 5.41) is 0. The summed E-state index contributed by atoms with van der Waals surface area (Å²) in [7, 11) is 0. The van der Waals surface area contributed by atoms with E-state index >= 15 is 0 Å². The number of Topliss-reactive ketones (excluding diaryl/α,β-unsaturated/α-hetero) is 2. The van der Waals surface area contributed by atoms with Gasteiger partial charge in [0.2, 0.25) is 0 Å². The van der Waals surface area contributed by atoms with Gasteiger partial charge in [0.25, 0.3) is 0 Å². The molecule has 2 aliphatic rings. The summed E-state index contributed by atoms with van der Waals surface area (Å²) in [5.74, 6) is 0.918. The molecule has 0 spiro atoms. The van der Waals surface area contributed by atoms with Gasteiger partial charge in [0.15, 0.2) is 11.6 Å². The van der Waals surface area contributed by atoms with E-state index in [0.717, 1.165) is 29.6 Å². The molecule has 2 nitrogen and oxygen atoms in total. The van der Waals surface area contributed by atoms with Crippen molar-refractivity contribution in [3.05, 3.63) is 22.3 Å². The maximum atomic E-state index is 12.5. The number of allylic oxidation sites excluding steroid dienone is 4. The molecule has 1 saturated carbocycles. The Morgan fingerprint density at radius 3 is 2.47 bits per heavy atom. The molecule has 0 aromatic rings. The summed E-state index contributed by atoms with van der Waals surface area (Å²) in [5.41, 5.74) is 3.56. The van der Waals surface area contributed by atoms with Crippen molar-refractivity contribution in [1.82, 2.24) is 0 Å². The van der Waals surface area contributed by atoms with Crippen molar-refractivity contribution in [1.29, 1.82) is 0 Å². The third kappa shape index (κ3) is 1.90. The summed E-state index contributed by atoms with van der Waals surface area (Å²) >= 11 is 0. The second-order valence-corrected chi connectivity index (χ2v) is 5.60. The first-order chi connectivity index (χ1) is 7.93. The molecular formula is C15H20O2. The van der Waals surface area contributed by atoms with E-state index in [0.29, 0.717) is 17.9 Å². The van der Waals surface area contributed by atoms with Crippen LogP contribution in [0.15, 0.2) is 22.3 Å². The number of hydrogen-bond donors (Lipinski definition) is 0. The summed E-state index contributed by atoms with van der Waals surface area (Å²) in [6.07, 6.45) is 2.43. The van der Waals surface area contributed by atoms with Crippen LogP contribution in [0.3, 0.4) is 0 Å². The molecule has 2 aliphatic carbocycles. The van der Waals surface area contributed by atoms with Gasteiger partial charge in [-0.05, 0) is 56.6 Å². The lowest BCUT2D eigenvalue weighted by molar-refractivity contribution is -0.115. The number of rotatable bonds is 0. The molecule has 2 atom stereocenters. The topological polar surface area (TPSA) is 34.1 Å².